The summed E-state index contributed by atoms with van der Waals surface area (Å²) in [4.78, 5) is 0. The molecule has 0 nitrogen and oxygen atoms in total. The molecule has 0 amide bonds. The van der Waals surface area contributed by atoms with Gasteiger partial charge in [-0.2, -0.15) is 0 Å². The second-order valence-electron chi connectivity index (χ2n) is 16.2. The van der Waals surface area contributed by atoms with Crippen molar-refractivity contribution < 1.29 is 46.1 Å². The van der Waals surface area contributed by atoms with Crippen LogP contribution in [0, 0.1) is 11.3 Å². The Bertz CT molecular complexity index is 1620. The summed E-state index contributed by atoms with van der Waals surface area (Å²) in [6.45, 7) is 26.2. The number of rotatable bonds is 6. The van der Waals surface area contributed by atoms with Crippen LogP contribution in [-0.4, -0.2) is 3.21 Å². The van der Waals surface area contributed by atoms with E-state index in [-0.39, 0.29) is 41.1 Å². The number of fused-ring (bicyclic) bond motifs is 3. The number of allylic oxidation sites excluding steroid dienone is 4. The van der Waals surface area contributed by atoms with Crippen molar-refractivity contribution >= 4 is 6.48 Å². The summed E-state index contributed by atoms with van der Waals surface area (Å²) in [5.74, 6) is 0.562. The minimum atomic E-state index is -2.61. The number of halogens is 2. The summed E-state index contributed by atoms with van der Waals surface area (Å²) in [7, 11) is 0. The van der Waals surface area contributed by atoms with Gasteiger partial charge in [0.15, 0.2) is 0 Å². The van der Waals surface area contributed by atoms with Crippen LogP contribution >= 0.6 is 0 Å². The van der Waals surface area contributed by atoms with Crippen LogP contribution in [0.3, 0.4) is 0 Å². The van der Waals surface area contributed by atoms with Crippen LogP contribution in [-0.2, 0) is 38.5 Å². The third kappa shape index (κ3) is 7.96. The monoisotopic (exact) mass is 718 g/mol. The van der Waals surface area contributed by atoms with E-state index in [1.165, 1.54) is 52.6 Å². The van der Waals surface area contributed by atoms with Gasteiger partial charge in [-0.05, 0) is 0 Å². The van der Waals surface area contributed by atoms with Gasteiger partial charge in [0, 0.05) is 0 Å². The molecule has 2 aliphatic rings. The van der Waals surface area contributed by atoms with Crippen LogP contribution < -0.4 is 28.1 Å². The zero-order valence-corrected chi connectivity index (χ0v) is 33.6. The zero-order valence-electron chi connectivity index (χ0n) is 29.6. The topological polar surface area (TPSA) is 0 Å². The van der Waals surface area contributed by atoms with Crippen LogP contribution in [0.4, 0.5) is 0 Å². The third-order valence-corrected chi connectivity index (χ3v) is 17.4. The van der Waals surface area contributed by atoms with E-state index in [2.05, 4.69) is 149 Å². The quantitative estimate of drug-likeness (QED) is 0.263. The zero-order chi connectivity index (χ0) is 31.3. The second-order valence-corrected chi connectivity index (χ2v) is 22.6. The Morgan fingerprint density at radius 2 is 1.38 bits per heavy atom. The first kappa shape index (κ1) is 37.9. The van der Waals surface area contributed by atoms with Crippen LogP contribution in [0.25, 0.3) is 11.1 Å². The fourth-order valence-corrected chi connectivity index (χ4v) is 15.0. The molecule has 1 unspecified atom stereocenters. The fourth-order valence-electron chi connectivity index (χ4n) is 6.82. The molecule has 0 spiro atoms. The summed E-state index contributed by atoms with van der Waals surface area (Å²) in [5, 5.41) is 0. The van der Waals surface area contributed by atoms with E-state index in [1.54, 1.807) is 20.9 Å². The molecule has 0 saturated carbocycles. The van der Waals surface area contributed by atoms with E-state index >= 15 is 0 Å². The van der Waals surface area contributed by atoms with E-state index in [0.29, 0.717) is 5.92 Å². The molecule has 2 aliphatic carbocycles. The Labute approximate surface area is 295 Å². The van der Waals surface area contributed by atoms with E-state index in [0.717, 1.165) is 6.42 Å². The van der Waals surface area contributed by atoms with Crippen molar-refractivity contribution in [2.75, 3.05) is 0 Å². The van der Waals surface area contributed by atoms with Crippen molar-refractivity contribution in [3.63, 3.8) is 0 Å². The van der Waals surface area contributed by atoms with Gasteiger partial charge in [-0.3, -0.25) is 0 Å². The van der Waals surface area contributed by atoms with Crippen molar-refractivity contribution in [2.24, 2.45) is 11.3 Å². The Morgan fingerprint density at radius 3 is 1.96 bits per heavy atom. The molecule has 0 aromatic heterocycles. The van der Waals surface area contributed by atoms with Gasteiger partial charge in [-0.25, -0.2) is 0 Å². The summed E-state index contributed by atoms with van der Waals surface area (Å²) >= 11 is -2.61. The minimum Gasteiger partial charge on any atom is -1.00 e. The average molecular weight is 721 g/mol. The Kier molecular flexibility index (Phi) is 12.1. The predicted molar refractivity (Wildman–Crippen MR) is 187 cm³/mol. The molecule has 3 aromatic rings. The number of unbranched alkanes of at least 4 members (excludes halogenated alkanes) is 1. The molecular formula is C42H54Cl2Zr. The summed E-state index contributed by atoms with van der Waals surface area (Å²) in [6, 6.07) is 23.9. The fraction of sp³-hybridized carbons (Fsp3) is 0.452. The Balaban J connectivity index is 0.00000276. The molecule has 0 bridgehead atoms. The smallest absolute Gasteiger partial charge is 1.00 e. The molecule has 0 heterocycles. The molecule has 0 N–H and O–H groups in total. The minimum absolute atomic E-state index is 0. The Hall–Kier alpha value is -1.53. The standard InChI is InChI=1S/C21H25.C13H21.C8H8.2ClH.Zr/c1-20(2,3)16-9-7-14-11-15-8-10-17(21(4,5)6)13-19(15)18(14)12-16;1-5-6-7-11-8-9-12(10-11)13(2,3)4;1-2-8-6-4-3-5-7-8;;;/h7,9-10,12-13H,11H2,1-6H3;9-11H,5-7H2,1-4H3;3-7H,1H3;2*1H;/q;;;;;+2/p-2. The number of hydrogen-bond donors (Lipinski definition) is 0. The molecular weight excluding hydrogens is 667 g/mol. The van der Waals surface area contributed by atoms with Crippen molar-refractivity contribution in [2.45, 2.75) is 113 Å². The van der Waals surface area contributed by atoms with Gasteiger partial charge in [0.05, 0.1) is 0 Å². The first-order valence-corrected chi connectivity index (χ1v) is 20.3. The molecule has 45 heavy (non-hydrogen) atoms. The van der Waals surface area contributed by atoms with E-state index in [4.69, 9.17) is 0 Å². The summed E-state index contributed by atoms with van der Waals surface area (Å²) in [6.07, 6.45) is 10.2. The van der Waals surface area contributed by atoms with Crippen molar-refractivity contribution in [3.8, 4) is 11.1 Å². The maximum absolute atomic E-state index is 2.69. The molecule has 240 valence electrons. The molecule has 0 fully saturated rings. The van der Waals surface area contributed by atoms with Gasteiger partial charge in [0.25, 0.3) is 0 Å². The van der Waals surface area contributed by atoms with Crippen molar-refractivity contribution in [1.29, 1.82) is 0 Å². The summed E-state index contributed by atoms with van der Waals surface area (Å²) < 4.78 is 5.18. The van der Waals surface area contributed by atoms with E-state index in [1.807, 2.05) is 0 Å². The summed E-state index contributed by atoms with van der Waals surface area (Å²) in [5.41, 5.74) is 12.4. The van der Waals surface area contributed by atoms with Crippen LogP contribution in [0.15, 0.2) is 81.7 Å². The van der Waals surface area contributed by atoms with Gasteiger partial charge in [0.1, 0.15) is 0 Å². The molecule has 0 saturated heterocycles. The van der Waals surface area contributed by atoms with Gasteiger partial charge >= 0.3 is 272 Å². The molecule has 5 rings (SSSR count). The van der Waals surface area contributed by atoms with Crippen molar-refractivity contribution in [1.82, 2.24) is 0 Å². The average Bonchev–Trinajstić information content (AvgIpc) is 3.53. The Morgan fingerprint density at radius 1 is 0.756 bits per heavy atom. The van der Waals surface area contributed by atoms with E-state index in [9.17, 15) is 0 Å². The maximum atomic E-state index is 2.69. The maximum Gasteiger partial charge on any atom is -1.00 e. The molecule has 0 aliphatic heterocycles. The van der Waals surface area contributed by atoms with Crippen molar-refractivity contribution in [3.05, 3.63) is 109 Å². The molecule has 0 radical (unpaired) electrons. The number of benzene rings is 3. The first-order valence-electron chi connectivity index (χ1n) is 16.6. The molecule has 3 aromatic carbocycles. The molecule has 3 heteroatoms. The van der Waals surface area contributed by atoms with Gasteiger partial charge in [-0.1, -0.05) is 0 Å². The van der Waals surface area contributed by atoms with Crippen LogP contribution in [0.5, 0.6) is 0 Å². The van der Waals surface area contributed by atoms with Gasteiger partial charge in [-0.15, -0.1) is 0 Å². The first-order chi connectivity index (χ1) is 20.1. The third-order valence-electron chi connectivity index (χ3n) is 9.71. The van der Waals surface area contributed by atoms with Gasteiger partial charge < -0.3 is 24.8 Å². The van der Waals surface area contributed by atoms with E-state index < -0.39 is 21.3 Å². The molecule has 1 atom stereocenters. The predicted octanol–water partition coefficient (Wildman–Crippen LogP) is 5.02. The van der Waals surface area contributed by atoms with Gasteiger partial charge in [0.2, 0.25) is 0 Å². The normalized spacial score (nSPS) is 16.2. The largest absolute Gasteiger partial charge is 1.00 e. The second kappa shape index (κ2) is 14.3. The van der Waals surface area contributed by atoms with Crippen LogP contribution in [0.1, 0.15) is 123 Å². The SMILES string of the molecule is CCCCC1C=C(C(C)(C)C)C=[C]1/[Zr+2](=[C](\C)c1ccccc1)[c]1cc(C(C)(C)C)cc2c1Cc1ccc(C(C)(C)C)cc1-2.[Cl-].[Cl-]. The van der Waals surface area contributed by atoms with Crippen LogP contribution in [0.2, 0.25) is 0 Å². The number of hydrogen-bond acceptors (Lipinski definition) is 0.